The molecule has 4 saturated carbocycles. The Balaban J connectivity index is 1.26. The summed E-state index contributed by atoms with van der Waals surface area (Å²) in [7, 11) is 0. The molecule has 33 heavy (non-hydrogen) atoms. The van der Waals surface area contributed by atoms with Crippen LogP contribution in [0, 0.1) is 23.2 Å². The molecule has 4 bridgehead atoms. The monoisotopic (exact) mass is 459 g/mol. The van der Waals surface area contributed by atoms with E-state index in [0.717, 1.165) is 57.8 Å². The Hall–Kier alpha value is -1.65. The van der Waals surface area contributed by atoms with Crippen LogP contribution in [-0.2, 0) is 19.1 Å². The summed E-state index contributed by atoms with van der Waals surface area (Å²) in [5.74, 6) is 1.08. The number of nitrogens with one attached hydrogen (secondary N) is 1. The molecule has 0 aromatic heterocycles. The molecule has 184 valence electrons. The first-order valence-electron chi connectivity index (χ1n) is 13.2. The van der Waals surface area contributed by atoms with Crippen LogP contribution < -0.4 is 5.32 Å². The smallest absolute Gasteiger partial charge is 0.307 e. The van der Waals surface area contributed by atoms with Crippen LogP contribution in [-0.4, -0.2) is 53.8 Å². The molecular formula is C26H41N3O4. The number of hydrogen-bond acceptors (Lipinski definition) is 6. The van der Waals surface area contributed by atoms with Crippen LogP contribution in [0.1, 0.15) is 96.8 Å². The summed E-state index contributed by atoms with van der Waals surface area (Å²) in [5.41, 5.74) is -0.324. The van der Waals surface area contributed by atoms with E-state index < -0.39 is 0 Å². The van der Waals surface area contributed by atoms with Gasteiger partial charge in [0.15, 0.2) is 6.79 Å². The lowest BCUT2D eigenvalue weighted by Gasteiger charge is -2.61. The van der Waals surface area contributed by atoms with Gasteiger partial charge >= 0.3 is 5.97 Å². The maximum Gasteiger partial charge on any atom is 0.307 e. The summed E-state index contributed by atoms with van der Waals surface area (Å²) in [4.78, 5) is 26.6. The van der Waals surface area contributed by atoms with Crippen molar-refractivity contribution in [2.75, 3.05) is 19.9 Å². The summed E-state index contributed by atoms with van der Waals surface area (Å²) in [5, 5.41) is 12.9. The van der Waals surface area contributed by atoms with Crippen LogP contribution in [0.2, 0.25) is 0 Å². The van der Waals surface area contributed by atoms with Gasteiger partial charge in [0.1, 0.15) is 6.04 Å². The highest BCUT2D eigenvalue weighted by Crippen LogP contribution is 2.58. The van der Waals surface area contributed by atoms with Gasteiger partial charge in [0, 0.05) is 18.5 Å². The highest BCUT2D eigenvalue weighted by atomic mass is 16.7. The van der Waals surface area contributed by atoms with Crippen LogP contribution in [0.4, 0.5) is 0 Å². The van der Waals surface area contributed by atoms with Crippen molar-refractivity contribution in [3.63, 3.8) is 0 Å². The van der Waals surface area contributed by atoms with Crippen LogP contribution in [0.15, 0.2) is 0 Å². The molecule has 1 saturated heterocycles. The minimum absolute atomic E-state index is 0.0395. The summed E-state index contributed by atoms with van der Waals surface area (Å²) in [6.07, 6.45) is 14.1. The molecule has 4 aliphatic carbocycles. The van der Waals surface area contributed by atoms with Crippen molar-refractivity contribution in [3.05, 3.63) is 0 Å². The first kappa shape index (κ1) is 24.5. The number of amides is 1. The maximum absolute atomic E-state index is 12.8. The standard InChI is InChI=1S/C26H41N3O4/c1-2-3-4-5-6-9-24(31)32-19-33-26-14-20-11-21(15-26)13-25(12-20,18-26)28-17-23(30)29-10-7-8-22(29)16-27/h20-22,28H,2-15,17-19H2,1H3. The van der Waals surface area contributed by atoms with Gasteiger partial charge in [-0.15, -0.1) is 0 Å². The number of hydrogen-bond donors (Lipinski definition) is 1. The van der Waals surface area contributed by atoms with Gasteiger partial charge < -0.3 is 19.7 Å². The fourth-order valence-corrected chi connectivity index (χ4v) is 7.28. The Morgan fingerprint density at radius 3 is 2.61 bits per heavy atom. The average Bonchev–Trinajstić information content (AvgIpc) is 3.25. The number of carbonyl (C=O) groups excluding carboxylic acids is 2. The highest BCUT2D eigenvalue weighted by molar-refractivity contribution is 5.79. The molecule has 1 amide bonds. The topological polar surface area (TPSA) is 91.7 Å². The Bertz CT molecular complexity index is 734. The van der Waals surface area contributed by atoms with Crippen molar-refractivity contribution in [2.45, 2.75) is 114 Å². The summed E-state index contributed by atoms with van der Waals surface area (Å²) in [6.45, 7) is 3.21. The zero-order chi connectivity index (χ0) is 23.3. The molecule has 5 fully saturated rings. The Labute approximate surface area is 198 Å². The number of nitriles is 1. The highest BCUT2D eigenvalue weighted by Gasteiger charge is 2.58. The lowest BCUT2D eigenvalue weighted by Crippen LogP contribution is -2.66. The zero-order valence-electron chi connectivity index (χ0n) is 20.3. The first-order valence-corrected chi connectivity index (χ1v) is 13.2. The lowest BCUT2D eigenvalue weighted by molar-refractivity contribution is -0.217. The van der Waals surface area contributed by atoms with Gasteiger partial charge in [-0.25, -0.2) is 0 Å². The molecule has 0 spiro atoms. The first-order chi connectivity index (χ1) is 16.0. The third-order valence-electron chi connectivity index (χ3n) is 8.41. The maximum atomic E-state index is 12.8. The second-order valence-corrected chi connectivity index (χ2v) is 11.1. The minimum atomic E-state index is -0.272. The van der Waals surface area contributed by atoms with Crippen molar-refractivity contribution in [1.82, 2.24) is 10.2 Å². The number of carbonyl (C=O) groups is 2. The van der Waals surface area contributed by atoms with Gasteiger partial charge in [-0.2, -0.15) is 5.26 Å². The molecule has 7 nitrogen and oxygen atoms in total. The van der Waals surface area contributed by atoms with E-state index in [1.165, 1.54) is 25.7 Å². The fourth-order valence-electron chi connectivity index (χ4n) is 7.28. The second kappa shape index (κ2) is 10.7. The quantitative estimate of drug-likeness (QED) is 0.269. The summed E-state index contributed by atoms with van der Waals surface area (Å²) in [6, 6.07) is 1.99. The third kappa shape index (κ3) is 5.89. The largest absolute Gasteiger partial charge is 0.438 e. The number of esters is 1. The van der Waals surface area contributed by atoms with Gasteiger partial charge in [-0.3, -0.25) is 9.59 Å². The molecule has 1 aliphatic heterocycles. The molecule has 0 radical (unpaired) electrons. The number of rotatable bonds is 12. The Kier molecular flexibility index (Phi) is 7.96. The normalized spacial score (nSPS) is 34.4. The predicted molar refractivity (Wildman–Crippen MR) is 124 cm³/mol. The van der Waals surface area contributed by atoms with Crippen molar-refractivity contribution in [3.8, 4) is 6.07 Å². The summed E-state index contributed by atoms with van der Waals surface area (Å²) < 4.78 is 11.7. The molecule has 5 rings (SSSR count). The molecule has 3 atom stereocenters. The molecule has 1 heterocycles. The van der Waals surface area contributed by atoms with E-state index >= 15 is 0 Å². The molecule has 5 aliphatic rings. The minimum Gasteiger partial charge on any atom is -0.438 e. The molecular weight excluding hydrogens is 418 g/mol. The van der Waals surface area contributed by atoms with Crippen LogP contribution in [0.3, 0.4) is 0 Å². The van der Waals surface area contributed by atoms with Crippen molar-refractivity contribution < 1.29 is 19.1 Å². The Morgan fingerprint density at radius 2 is 1.88 bits per heavy atom. The van der Waals surface area contributed by atoms with E-state index in [4.69, 9.17) is 9.47 Å². The molecule has 7 heteroatoms. The number of ether oxygens (including phenoxy) is 2. The molecule has 1 N–H and O–H groups in total. The van der Waals surface area contributed by atoms with E-state index in [9.17, 15) is 14.9 Å². The van der Waals surface area contributed by atoms with Crippen LogP contribution in [0.25, 0.3) is 0 Å². The van der Waals surface area contributed by atoms with Crippen molar-refractivity contribution in [2.24, 2.45) is 11.8 Å². The van der Waals surface area contributed by atoms with Gasteiger partial charge in [-0.1, -0.05) is 32.6 Å². The van der Waals surface area contributed by atoms with E-state index in [1.807, 2.05) is 0 Å². The van der Waals surface area contributed by atoms with Crippen molar-refractivity contribution >= 4 is 11.9 Å². The average molecular weight is 460 g/mol. The van der Waals surface area contributed by atoms with Crippen LogP contribution in [0.5, 0.6) is 0 Å². The van der Waals surface area contributed by atoms with Gasteiger partial charge in [0.25, 0.3) is 0 Å². The van der Waals surface area contributed by atoms with Crippen molar-refractivity contribution in [1.29, 1.82) is 5.26 Å². The fraction of sp³-hybridized carbons (Fsp3) is 0.885. The number of likely N-dealkylation sites (tertiary alicyclic amines) is 1. The predicted octanol–water partition coefficient (Wildman–Crippen LogP) is 4.06. The molecule has 3 unspecified atom stereocenters. The second-order valence-electron chi connectivity index (χ2n) is 11.1. The van der Waals surface area contributed by atoms with E-state index in [0.29, 0.717) is 31.3 Å². The molecule has 0 aromatic carbocycles. The third-order valence-corrected chi connectivity index (χ3v) is 8.41. The SMILES string of the molecule is CCCCCCCC(=O)OCOC12CC3CC(CC(NCC(=O)N4CCCC4C#N)(C3)C1)C2. The lowest BCUT2D eigenvalue weighted by atomic mass is 9.51. The Morgan fingerprint density at radius 1 is 1.12 bits per heavy atom. The molecule has 0 aromatic rings. The van der Waals surface area contributed by atoms with Gasteiger partial charge in [-0.05, 0) is 69.6 Å². The van der Waals surface area contributed by atoms with E-state index in [1.54, 1.807) is 4.90 Å². The number of unbranched alkanes of at least 4 members (excludes halogenated alkanes) is 4. The van der Waals surface area contributed by atoms with Gasteiger partial charge in [0.05, 0.1) is 18.2 Å². The number of nitrogens with zero attached hydrogens (tertiary/aromatic N) is 2. The van der Waals surface area contributed by atoms with E-state index in [-0.39, 0.29) is 35.9 Å². The van der Waals surface area contributed by atoms with Crippen LogP contribution >= 0.6 is 0 Å². The van der Waals surface area contributed by atoms with E-state index in [2.05, 4.69) is 18.3 Å². The van der Waals surface area contributed by atoms with Gasteiger partial charge in [0.2, 0.25) is 5.91 Å². The summed E-state index contributed by atoms with van der Waals surface area (Å²) >= 11 is 0. The zero-order valence-corrected chi connectivity index (χ0v) is 20.3.